The number of anilines is 1. The van der Waals surface area contributed by atoms with E-state index in [4.69, 9.17) is 9.72 Å². The van der Waals surface area contributed by atoms with E-state index < -0.39 is 0 Å². The Kier molecular flexibility index (Phi) is 8.28. The average molecular weight is 474 g/mol. The van der Waals surface area contributed by atoms with Crippen molar-refractivity contribution in [3.63, 3.8) is 0 Å². The van der Waals surface area contributed by atoms with Gasteiger partial charge in [0.15, 0.2) is 5.13 Å². The first-order valence-corrected chi connectivity index (χ1v) is 11.8. The van der Waals surface area contributed by atoms with Crippen molar-refractivity contribution in [1.82, 2.24) is 9.88 Å². The Balaban J connectivity index is 0.00000289. The maximum atomic E-state index is 13.5. The van der Waals surface area contributed by atoms with Gasteiger partial charge < -0.3 is 4.74 Å². The summed E-state index contributed by atoms with van der Waals surface area (Å²) in [6.45, 7) is 13.2. The Morgan fingerprint density at radius 2 is 1.84 bits per heavy atom. The largest absolute Gasteiger partial charge is 0.379 e. The van der Waals surface area contributed by atoms with Gasteiger partial charge in [0.2, 0.25) is 5.91 Å². The average Bonchev–Trinajstić information content (AvgIpc) is 3.18. The van der Waals surface area contributed by atoms with Crippen molar-refractivity contribution in [2.45, 2.75) is 34.1 Å². The molecule has 1 amide bonds. The van der Waals surface area contributed by atoms with Gasteiger partial charge in [-0.3, -0.25) is 14.6 Å². The van der Waals surface area contributed by atoms with Crippen LogP contribution in [0.1, 0.15) is 27.8 Å². The summed E-state index contributed by atoms with van der Waals surface area (Å²) < 4.78 is 6.61. The lowest BCUT2D eigenvalue weighted by Gasteiger charge is -2.29. The zero-order valence-electron chi connectivity index (χ0n) is 19.3. The number of thiazole rings is 1. The SMILES string of the molecule is Cc1ccc(CC(=O)N(CCN2CCOCC2)c2nc3c(C)c(C)ccc3s2)c(C)c1.Cl. The summed E-state index contributed by atoms with van der Waals surface area (Å²) in [6, 6.07) is 10.6. The van der Waals surface area contributed by atoms with Crippen LogP contribution in [0.3, 0.4) is 0 Å². The van der Waals surface area contributed by atoms with Crippen LogP contribution in [0.5, 0.6) is 0 Å². The summed E-state index contributed by atoms with van der Waals surface area (Å²) in [5, 5.41) is 0.798. The molecule has 32 heavy (non-hydrogen) atoms. The van der Waals surface area contributed by atoms with Gasteiger partial charge in [0.1, 0.15) is 0 Å². The molecule has 0 unspecified atom stereocenters. The second-order valence-corrected chi connectivity index (χ2v) is 9.47. The van der Waals surface area contributed by atoms with Gasteiger partial charge in [-0.05, 0) is 56.0 Å². The number of carbonyl (C=O) groups is 1. The lowest BCUT2D eigenvalue weighted by atomic mass is 10.0. The van der Waals surface area contributed by atoms with Gasteiger partial charge >= 0.3 is 0 Å². The molecule has 1 aromatic heterocycles. The fourth-order valence-corrected chi connectivity index (χ4v) is 5.09. The Morgan fingerprint density at radius 3 is 2.56 bits per heavy atom. The Hall–Kier alpha value is -1.99. The molecule has 0 atom stereocenters. The molecule has 0 N–H and O–H groups in total. The number of nitrogens with zero attached hydrogens (tertiary/aromatic N) is 3. The van der Waals surface area contributed by atoms with Crippen LogP contribution in [0.25, 0.3) is 10.2 Å². The van der Waals surface area contributed by atoms with Gasteiger partial charge in [-0.2, -0.15) is 0 Å². The monoisotopic (exact) mass is 473 g/mol. The normalized spacial score (nSPS) is 14.4. The van der Waals surface area contributed by atoms with E-state index in [2.05, 4.69) is 62.9 Å². The van der Waals surface area contributed by atoms with Crippen LogP contribution >= 0.6 is 23.7 Å². The number of ether oxygens (including phenoxy) is 1. The number of carbonyl (C=O) groups excluding carboxylic acids is 1. The van der Waals surface area contributed by atoms with Gasteiger partial charge in [-0.1, -0.05) is 41.2 Å². The van der Waals surface area contributed by atoms with Crippen molar-refractivity contribution in [1.29, 1.82) is 0 Å². The molecule has 0 saturated carbocycles. The number of aromatic nitrogens is 1. The second kappa shape index (κ2) is 10.8. The molecule has 5 nitrogen and oxygen atoms in total. The first kappa shape index (κ1) is 24.6. The van der Waals surface area contributed by atoms with Crippen LogP contribution in [0.15, 0.2) is 30.3 Å². The van der Waals surface area contributed by atoms with E-state index in [9.17, 15) is 4.79 Å². The fourth-order valence-electron chi connectivity index (χ4n) is 4.03. The fraction of sp³-hybridized carbons (Fsp3) is 0.440. The van der Waals surface area contributed by atoms with E-state index in [-0.39, 0.29) is 18.3 Å². The minimum absolute atomic E-state index is 0. The number of morpholine rings is 1. The zero-order chi connectivity index (χ0) is 22.0. The highest BCUT2D eigenvalue weighted by Crippen LogP contribution is 2.32. The highest BCUT2D eigenvalue weighted by atomic mass is 35.5. The summed E-state index contributed by atoms with van der Waals surface area (Å²) in [7, 11) is 0. The lowest BCUT2D eigenvalue weighted by Crippen LogP contribution is -2.43. The molecular weight excluding hydrogens is 442 g/mol. The predicted octanol–water partition coefficient (Wildman–Crippen LogP) is 4.86. The molecule has 2 aromatic carbocycles. The second-order valence-electron chi connectivity index (χ2n) is 8.46. The number of fused-ring (bicyclic) bond motifs is 1. The third-order valence-corrected chi connectivity index (χ3v) is 7.23. The molecule has 4 rings (SSSR count). The molecule has 1 saturated heterocycles. The summed E-state index contributed by atoms with van der Waals surface area (Å²) >= 11 is 1.61. The van der Waals surface area contributed by atoms with Crippen molar-refractivity contribution >= 4 is 45.0 Å². The minimum atomic E-state index is 0. The number of hydrogen-bond acceptors (Lipinski definition) is 5. The van der Waals surface area contributed by atoms with Crippen LogP contribution in [-0.2, 0) is 16.0 Å². The van der Waals surface area contributed by atoms with Crippen LogP contribution in [-0.4, -0.2) is 55.2 Å². The maximum Gasteiger partial charge on any atom is 0.233 e. The van der Waals surface area contributed by atoms with E-state index in [0.29, 0.717) is 13.0 Å². The summed E-state index contributed by atoms with van der Waals surface area (Å²) in [4.78, 5) is 22.7. The van der Waals surface area contributed by atoms with Crippen LogP contribution in [0, 0.1) is 27.7 Å². The van der Waals surface area contributed by atoms with E-state index in [1.54, 1.807) is 11.3 Å². The minimum Gasteiger partial charge on any atom is -0.379 e. The first-order valence-electron chi connectivity index (χ1n) is 11.0. The van der Waals surface area contributed by atoms with Crippen molar-refractivity contribution in [2.75, 3.05) is 44.3 Å². The third kappa shape index (κ3) is 5.49. The van der Waals surface area contributed by atoms with Crippen LogP contribution in [0.2, 0.25) is 0 Å². The molecule has 1 aliphatic heterocycles. The molecule has 0 spiro atoms. The van der Waals surface area contributed by atoms with Gasteiger partial charge in [0.25, 0.3) is 0 Å². The molecule has 1 aliphatic rings. The highest BCUT2D eigenvalue weighted by Gasteiger charge is 2.23. The molecule has 3 aromatic rings. The molecular formula is C25H32ClN3O2S. The molecule has 1 fully saturated rings. The number of aryl methyl sites for hydroxylation is 4. The van der Waals surface area contributed by atoms with Crippen molar-refractivity contribution < 1.29 is 9.53 Å². The van der Waals surface area contributed by atoms with Gasteiger partial charge in [0.05, 0.1) is 29.9 Å². The van der Waals surface area contributed by atoms with Crippen LogP contribution in [0.4, 0.5) is 5.13 Å². The van der Waals surface area contributed by atoms with Crippen molar-refractivity contribution in [2.24, 2.45) is 0 Å². The van der Waals surface area contributed by atoms with Crippen LogP contribution < -0.4 is 4.90 Å². The predicted molar refractivity (Wildman–Crippen MR) is 136 cm³/mol. The Morgan fingerprint density at radius 1 is 1.09 bits per heavy atom. The van der Waals surface area contributed by atoms with Gasteiger partial charge in [-0.25, -0.2) is 4.98 Å². The van der Waals surface area contributed by atoms with Gasteiger partial charge in [-0.15, -0.1) is 12.4 Å². The lowest BCUT2D eigenvalue weighted by molar-refractivity contribution is -0.118. The molecule has 7 heteroatoms. The first-order chi connectivity index (χ1) is 14.9. The number of halogens is 1. The molecule has 2 heterocycles. The van der Waals surface area contributed by atoms with E-state index in [1.807, 2.05) is 4.90 Å². The molecule has 0 bridgehead atoms. The van der Waals surface area contributed by atoms with E-state index in [1.165, 1.54) is 16.7 Å². The summed E-state index contributed by atoms with van der Waals surface area (Å²) in [6.07, 6.45) is 0.392. The number of benzene rings is 2. The molecule has 0 aliphatic carbocycles. The standard InChI is InChI=1S/C25H31N3O2S.ClH/c1-17-5-7-21(19(3)15-17)16-23(29)28(10-9-27-11-13-30-14-12-27)25-26-24-20(4)18(2)6-8-22(24)31-25;/h5-8,15H,9-14,16H2,1-4H3;1H. The topological polar surface area (TPSA) is 45.7 Å². The highest BCUT2D eigenvalue weighted by molar-refractivity contribution is 7.22. The Labute approximate surface area is 200 Å². The van der Waals surface area contributed by atoms with Crippen molar-refractivity contribution in [3.05, 3.63) is 58.1 Å². The Bertz CT molecular complexity index is 1090. The quantitative estimate of drug-likeness (QED) is 0.513. The molecule has 0 radical (unpaired) electrons. The molecule has 172 valence electrons. The maximum absolute atomic E-state index is 13.5. The smallest absolute Gasteiger partial charge is 0.233 e. The number of amides is 1. The number of rotatable bonds is 6. The summed E-state index contributed by atoms with van der Waals surface area (Å²) in [5.74, 6) is 0.105. The number of hydrogen-bond donors (Lipinski definition) is 0. The van der Waals surface area contributed by atoms with Gasteiger partial charge in [0, 0.05) is 26.2 Å². The van der Waals surface area contributed by atoms with Crippen molar-refractivity contribution in [3.8, 4) is 0 Å². The third-order valence-electron chi connectivity index (χ3n) is 6.19. The zero-order valence-corrected chi connectivity index (χ0v) is 20.9. The summed E-state index contributed by atoms with van der Waals surface area (Å²) in [5.41, 5.74) is 6.89. The van der Waals surface area contributed by atoms with E-state index in [0.717, 1.165) is 59.3 Å². The van der Waals surface area contributed by atoms with E-state index >= 15 is 0 Å².